The normalized spacial score (nSPS) is 11.9. The first-order valence-corrected chi connectivity index (χ1v) is 11.2. The Balaban J connectivity index is 1.51. The molecule has 2 aromatic heterocycles. The quantitative estimate of drug-likeness (QED) is 0.449. The average molecular weight is 433 g/mol. The third-order valence-electron chi connectivity index (χ3n) is 5.36. The van der Waals surface area contributed by atoms with Crippen LogP contribution in [-0.2, 0) is 16.6 Å². The van der Waals surface area contributed by atoms with E-state index in [4.69, 9.17) is 4.63 Å². The molecule has 156 valence electrons. The highest BCUT2D eigenvalue weighted by Crippen LogP contribution is 2.27. The summed E-state index contributed by atoms with van der Waals surface area (Å²) in [5.41, 5.74) is 3.44. The molecule has 2 heterocycles. The molecule has 0 atom stereocenters. The maximum absolute atomic E-state index is 13.1. The van der Waals surface area contributed by atoms with Crippen molar-refractivity contribution in [3.05, 3.63) is 77.6 Å². The van der Waals surface area contributed by atoms with Gasteiger partial charge in [0.05, 0.1) is 23.6 Å². The zero-order valence-electron chi connectivity index (χ0n) is 16.9. The van der Waals surface area contributed by atoms with Gasteiger partial charge in [-0.3, -0.25) is 9.40 Å². The van der Waals surface area contributed by atoms with E-state index in [9.17, 15) is 8.42 Å². The van der Waals surface area contributed by atoms with Crippen LogP contribution >= 0.6 is 0 Å². The highest BCUT2D eigenvalue weighted by Gasteiger charge is 2.24. The number of benzene rings is 3. The van der Waals surface area contributed by atoms with Crippen LogP contribution in [0.1, 0.15) is 17.0 Å². The minimum Gasteiger partial charge on any atom is -0.276 e. The molecule has 0 amide bonds. The van der Waals surface area contributed by atoms with Crippen LogP contribution in [0.15, 0.2) is 70.2 Å². The van der Waals surface area contributed by atoms with Gasteiger partial charge in [-0.25, -0.2) is 13.0 Å². The number of hydrogen-bond donors (Lipinski definition) is 1. The predicted molar refractivity (Wildman–Crippen MR) is 117 cm³/mol. The van der Waals surface area contributed by atoms with E-state index in [-0.39, 0.29) is 10.4 Å². The van der Waals surface area contributed by atoms with Crippen LogP contribution in [0.4, 0.5) is 5.69 Å². The van der Waals surface area contributed by atoms with Gasteiger partial charge in [-0.05, 0) is 52.6 Å². The summed E-state index contributed by atoms with van der Waals surface area (Å²) >= 11 is 0. The van der Waals surface area contributed by atoms with Crippen LogP contribution in [0.5, 0.6) is 0 Å². The fourth-order valence-corrected chi connectivity index (χ4v) is 5.11. The van der Waals surface area contributed by atoms with Gasteiger partial charge in [0.15, 0.2) is 5.52 Å². The van der Waals surface area contributed by atoms with E-state index < -0.39 is 10.0 Å². The summed E-state index contributed by atoms with van der Waals surface area (Å²) in [4.78, 5) is 0.00635. The lowest BCUT2D eigenvalue weighted by Crippen LogP contribution is -2.15. The van der Waals surface area contributed by atoms with Crippen molar-refractivity contribution in [3.8, 4) is 0 Å². The van der Waals surface area contributed by atoms with Gasteiger partial charge in [-0.15, -0.1) is 0 Å². The Morgan fingerprint density at radius 2 is 1.74 bits per heavy atom. The molecule has 0 aliphatic rings. The number of nitrogens with zero attached hydrogens (tertiary/aromatic N) is 4. The minimum atomic E-state index is -3.91. The number of aromatic nitrogens is 4. The Labute approximate surface area is 178 Å². The highest BCUT2D eigenvalue weighted by molar-refractivity contribution is 7.93. The summed E-state index contributed by atoms with van der Waals surface area (Å²) in [6.45, 7) is 4.16. The molecule has 0 unspecified atom stereocenters. The van der Waals surface area contributed by atoms with Crippen molar-refractivity contribution in [1.82, 2.24) is 20.1 Å². The molecule has 31 heavy (non-hydrogen) atoms. The summed E-state index contributed by atoms with van der Waals surface area (Å²) in [6, 6.07) is 19.0. The van der Waals surface area contributed by atoms with Crippen molar-refractivity contribution < 1.29 is 13.0 Å². The summed E-state index contributed by atoms with van der Waals surface area (Å²) in [7, 11) is -3.91. The van der Waals surface area contributed by atoms with E-state index in [1.54, 1.807) is 19.1 Å². The molecule has 8 nitrogen and oxygen atoms in total. The van der Waals surface area contributed by atoms with Crippen LogP contribution < -0.4 is 4.72 Å². The first-order chi connectivity index (χ1) is 14.9. The molecular formula is C22H19N5O3S. The number of sulfonamides is 1. The fourth-order valence-electron chi connectivity index (χ4n) is 3.78. The SMILES string of the molecule is Cc1nn(Cc2cccc3ccccc23)c(C)c1NS(=O)(=O)c1cccc2nonc12. The molecule has 0 radical (unpaired) electrons. The highest BCUT2D eigenvalue weighted by atomic mass is 32.2. The van der Waals surface area contributed by atoms with Gasteiger partial charge in [0, 0.05) is 0 Å². The fraction of sp³-hybridized carbons (Fsp3) is 0.136. The largest absolute Gasteiger partial charge is 0.276 e. The smallest absolute Gasteiger partial charge is 0.264 e. The summed E-state index contributed by atoms with van der Waals surface area (Å²) in [5, 5.41) is 14.3. The second kappa shape index (κ2) is 7.21. The molecule has 5 aromatic rings. The predicted octanol–water partition coefficient (Wildman–Crippen LogP) is 4.04. The topological polar surface area (TPSA) is 103 Å². The monoisotopic (exact) mass is 433 g/mol. The molecule has 0 aliphatic carbocycles. The third kappa shape index (κ3) is 3.32. The first-order valence-electron chi connectivity index (χ1n) is 9.69. The van der Waals surface area contributed by atoms with Gasteiger partial charge >= 0.3 is 0 Å². The van der Waals surface area contributed by atoms with E-state index in [1.165, 1.54) is 6.07 Å². The Hall–Kier alpha value is -3.72. The Kier molecular flexibility index (Phi) is 4.48. The van der Waals surface area contributed by atoms with Gasteiger partial charge in [0.1, 0.15) is 10.4 Å². The maximum Gasteiger partial charge on any atom is 0.264 e. The molecule has 0 bridgehead atoms. The molecule has 1 N–H and O–H groups in total. The van der Waals surface area contributed by atoms with E-state index in [1.807, 2.05) is 29.8 Å². The summed E-state index contributed by atoms with van der Waals surface area (Å²) in [6.07, 6.45) is 0. The standard InChI is InChI=1S/C22H19N5O3S/c1-14-21(26-31(28,29)20-12-6-11-19-22(20)25-30-24-19)15(2)27(23-14)13-17-9-5-8-16-7-3-4-10-18(16)17/h3-12,26H,13H2,1-2H3. The van der Waals surface area contributed by atoms with Crippen molar-refractivity contribution in [1.29, 1.82) is 0 Å². The van der Waals surface area contributed by atoms with Crippen molar-refractivity contribution in [2.24, 2.45) is 0 Å². The molecule has 5 rings (SSSR count). The van der Waals surface area contributed by atoms with Crippen molar-refractivity contribution in [2.45, 2.75) is 25.3 Å². The van der Waals surface area contributed by atoms with Crippen LogP contribution in [0.25, 0.3) is 21.8 Å². The zero-order chi connectivity index (χ0) is 21.6. The molecular weight excluding hydrogens is 414 g/mol. The van der Waals surface area contributed by atoms with Crippen molar-refractivity contribution in [3.63, 3.8) is 0 Å². The maximum atomic E-state index is 13.1. The third-order valence-corrected chi connectivity index (χ3v) is 6.74. The zero-order valence-corrected chi connectivity index (χ0v) is 17.7. The minimum absolute atomic E-state index is 0.00635. The second-order valence-corrected chi connectivity index (χ2v) is 8.99. The van der Waals surface area contributed by atoms with E-state index >= 15 is 0 Å². The van der Waals surface area contributed by atoms with E-state index in [0.717, 1.165) is 22.0 Å². The summed E-state index contributed by atoms with van der Waals surface area (Å²) in [5.74, 6) is 0. The second-order valence-electron chi connectivity index (χ2n) is 7.34. The Morgan fingerprint density at radius 1 is 0.968 bits per heavy atom. The molecule has 0 saturated heterocycles. The number of rotatable bonds is 5. The Morgan fingerprint density at radius 3 is 2.61 bits per heavy atom. The number of hydrogen-bond acceptors (Lipinski definition) is 6. The summed E-state index contributed by atoms with van der Waals surface area (Å²) < 4.78 is 35.4. The molecule has 0 aliphatic heterocycles. The number of fused-ring (bicyclic) bond motifs is 2. The van der Waals surface area contributed by atoms with E-state index in [0.29, 0.717) is 23.4 Å². The number of nitrogens with one attached hydrogen (secondary N) is 1. The van der Waals surface area contributed by atoms with Gasteiger partial charge in [-0.1, -0.05) is 48.5 Å². The van der Waals surface area contributed by atoms with Gasteiger partial charge in [0.2, 0.25) is 0 Å². The van der Waals surface area contributed by atoms with Crippen LogP contribution in [-0.4, -0.2) is 28.5 Å². The van der Waals surface area contributed by atoms with Gasteiger partial charge < -0.3 is 0 Å². The molecule has 3 aromatic carbocycles. The van der Waals surface area contributed by atoms with Gasteiger partial charge in [0.25, 0.3) is 10.0 Å². The van der Waals surface area contributed by atoms with Crippen molar-refractivity contribution in [2.75, 3.05) is 4.72 Å². The van der Waals surface area contributed by atoms with Crippen LogP contribution in [0, 0.1) is 13.8 Å². The van der Waals surface area contributed by atoms with E-state index in [2.05, 4.69) is 44.4 Å². The first kappa shape index (κ1) is 19.3. The lowest BCUT2D eigenvalue weighted by molar-refractivity contribution is 0.315. The van der Waals surface area contributed by atoms with Crippen LogP contribution in [0.3, 0.4) is 0 Å². The molecule has 0 spiro atoms. The number of aryl methyl sites for hydroxylation is 1. The molecule has 9 heteroatoms. The molecule has 0 saturated carbocycles. The lowest BCUT2D eigenvalue weighted by atomic mass is 10.0. The lowest BCUT2D eigenvalue weighted by Gasteiger charge is -2.10. The van der Waals surface area contributed by atoms with Crippen molar-refractivity contribution >= 4 is 37.5 Å². The molecule has 0 fully saturated rings. The van der Waals surface area contributed by atoms with Crippen LogP contribution in [0.2, 0.25) is 0 Å². The van der Waals surface area contributed by atoms with Gasteiger partial charge in [-0.2, -0.15) is 5.10 Å². The average Bonchev–Trinajstić information content (AvgIpc) is 3.34. The Bertz CT molecular complexity index is 1530. The number of anilines is 1.